The summed E-state index contributed by atoms with van der Waals surface area (Å²) in [5, 5.41) is 13.9. The number of para-hydroxylation sites is 2. The van der Waals surface area contributed by atoms with Crippen LogP contribution in [0.3, 0.4) is 0 Å². The van der Waals surface area contributed by atoms with Crippen molar-refractivity contribution in [2.75, 3.05) is 5.73 Å². The largest absolute Gasteiger partial charge is 0.507 e. The van der Waals surface area contributed by atoms with E-state index in [2.05, 4.69) is 10.5 Å². The van der Waals surface area contributed by atoms with E-state index < -0.39 is 0 Å². The van der Waals surface area contributed by atoms with Gasteiger partial charge in [0.25, 0.3) is 5.91 Å². The van der Waals surface area contributed by atoms with Gasteiger partial charge < -0.3 is 10.8 Å². The number of phenols is 1. The van der Waals surface area contributed by atoms with E-state index in [0.717, 1.165) is 0 Å². The SMILES string of the molecule is CC/C(=N\NC(=O)c1ccccc1N)c1ccccc1O. The Labute approximate surface area is 123 Å². The molecule has 0 atom stereocenters. The molecule has 0 radical (unpaired) electrons. The van der Waals surface area contributed by atoms with Crippen LogP contribution < -0.4 is 11.2 Å². The molecular formula is C16H17N3O2. The molecule has 5 heteroatoms. The van der Waals surface area contributed by atoms with Gasteiger partial charge in [0.2, 0.25) is 0 Å². The van der Waals surface area contributed by atoms with Gasteiger partial charge in [-0.3, -0.25) is 4.79 Å². The maximum absolute atomic E-state index is 12.0. The summed E-state index contributed by atoms with van der Waals surface area (Å²) >= 11 is 0. The molecule has 1 amide bonds. The molecule has 0 unspecified atom stereocenters. The minimum Gasteiger partial charge on any atom is -0.507 e. The Kier molecular flexibility index (Phi) is 4.56. The molecule has 0 heterocycles. The average Bonchev–Trinajstić information content (AvgIpc) is 2.49. The summed E-state index contributed by atoms with van der Waals surface area (Å²) in [5.41, 5.74) is 10.2. The van der Waals surface area contributed by atoms with Crippen molar-refractivity contribution in [1.29, 1.82) is 0 Å². The molecule has 0 aliphatic rings. The topological polar surface area (TPSA) is 87.7 Å². The summed E-state index contributed by atoms with van der Waals surface area (Å²) in [7, 11) is 0. The van der Waals surface area contributed by atoms with Crippen LogP contribution in [-0.4, -0.2) is 16.7 Å². The second-order valence-electron chi connectivity index (χ2n) is 4.46. The van der Waals surface area contributed by atoms with Crippen LogP contribution in [0, 0.1) is 0 Å². The van der Waals surface area contributed by atoms with E-state index >= 15 is 0 Å². The van der Waals surface area contributed by atoms with E-state index in [-0.39, 0.29) is 11.7 Å². The van der Waals surface area contributed by atoms with Gasteiger partial charge in [-0.25, -0.2) is 5.43 Å². The van der Waals surface area contributed by atoms with Crippen molar-refractivity contribution in [1.82, 2.24) is 5.43 Å². The summed E-state index contributed by atoms with van der Waals surface area (Å²) in [4.78, 5) is 12.0. The number of phenolic OH excluding ortho intramolecular Hbond substituents is 1. The molecule has 0 bridgehead atoms. The molecule has 0 aromatic heterocycles. The lowest BCUT2D eigenvalue weighted by atomic mass is 10.1. The molecule has 0 aliphatic heterocycles. The quantitative estimate of drug-likeness (QED) is 0.457. The number of hydrogen-bond acceptors (Lipinski definition) is 4. The van der Waals surface area contributed by atoms with Crippen LogP contribution >= 0.6 is 0 Å². The molecule has 4 N–H and O–H groups in total. The van der Waals surface area contributed by atoms with Crippen LogP contribution in [0.4, 0.5) is 5.69 Å². The summed E-state index contributed by atoms with van der Waals surface area (Å²) in [5.74, 6) is -0.249. The number of aromatic hydroxyl groups is 1. The highest BCUT2D eigenvalue weighted by Gasteiger charge is 2.10. The van der Waals surface area contributed by atoms with Gasteiger partial charge in [0.1, 0.15) is 5.75 Å². The predicted molar refractivity (Wildman–Crippen MR) is 83.3 cm³/mol. The molecule has 0 spiro atoms. The zero-order chi connectivity index (χ0) is 15.2. The number of rotatable bonds is 4. The molecule has 5 nitrogen and oxygen atoms in total. The molecule has 2 aromatic carbocycles. The molecule has 21 heavy (non-hydrogen) atoms. The zero-order valence-corrected chi connectivity index (χ0v) is 11.7. The van der Waals surface area contributed by atoms with E-state index in [4.69, 9.17) is 5.73 Å². The van der Waals surface area contributed by atoms with Gasteiger partial charge >= 0.3 is 0 Å². The Morgan fingerprint density at radius 1 is 1.14 bits per heavy atom. The van der Waals surface area contributed by atoms with Crippen LogP contribution in [-0.2, 0) is 0 Å². The molecule has 0 saturated carbocycles. The van der Waals surface area contributed by atoms with Crippen LogP contribution in [0.25, 0.3) is 0 Å². The third-order valence-electron chi connectivity index (χ3n) is 3.05. The molecular weight excluding hydrogens is 266 g/mol. The normalized spacial score (nSPS) is 11.2. The number of carbonyl (C=O) groups is 1. The van der Waals surface area contributed by atoms with E-state index in [1.807, 2.05) is 6.92 Å². The number of hydrogen-bond donors (Lipinski definition) is 3. The number of benzene rings is 2. The highest BCUT2D eigenvalue weighted by atomic mass is 16.3. The van der Waals surface area contributed by atoms with Gasteiger partial charge in [-0.1, -0.05) is 31.2 Å². The van der Waals surface area contributed by atoms with Gasteiger partial charge in [-0.15, -0.1) is 0 Å². The number of carbonyl (C=O) groups excluding carboxylic acids is 1. The van der Waals surface area contributed by atoms with Gasteiger partial charge in [0.15, 0.2) is 0 Å². The minimum atomic E-state index is -0.380. The van der Waals surface area contributed by atoms with Crippen molar-refractivity contribution in [2.45, 2.75) is 13.3 Å². The van der Waals surface area contributed by atoms with E-state index in [1.165, 1.54) is 0 Å². The Morgan fingerprint density at radius 3 is 2.38 bits per heavy atom. The Balaban J connectivity index is 2.21. The highest BCUT2D eigenvalue weighted by Crippen LogP contribution is 2.18. The van der Waals surface area contributed by atoms with Crippen LogP contribution in [0.15, 0.2) is 53.6 Å². The maximum atomic E-state index is 12.0. The van der Waals surface area contributed by atoms with Crippen molar-refractivity contribution >= 4 is 17.3 Å². The standard InChI is InChI=1S/C16H17N3O2/c1-2-14(12-8-4-6-10-15(12)20)18-19-16(21)11-7-3-5-9-13(11)17/h3-10,20H,2,17H2,1H3,(H,19,21)/b18-14+. The first kappa shape index (κ1) is 14.6. The Morgan fingerprint density at radius 2 is 1.76 bits per heavy atom. The smallest absolute Gasteiger partial charge is 0.273 e. The molecule has 0 saturated heterocycles. The first-order valence-corrected chi connectivity index (χ1v) is 6.63. The fraction of sp³-hybridized carbons (Fsp3) is 0.125. The molecule has 0 fully saturated rings. The monoisotopic (exact) mass is 283 g/mol. The molecule has 108 valence electrons. The molecule has 2 aromatic rings. The minimum absolute atomic E-state index is 0.131. The highest BCUT2D eigenvalue weighted by molar-refractivity contribution is 6.04. The fourth-order valence-electron chi connectivity index (χ4n) is 1.93. The third kappa shape index (κ3) is 3.39. The number of amides is 1. The van der Waals surface area contributed by atoms with E-state index in [0.29, 0.717) is 28.9 Å². The van der Waals surface area contributed by atoms with Gasteiger partial charge in [-0.2, -0.15) is 5.10 Å². The van der Waals surface area contributed by atoms with E-state index in [9.17, 15) is 9.90 Å². The molecule has 0 aliphatic carbocycles. The summed E-state index contributed by atoms with van der Waals surface area (Å²) in [6.07, 6.45) is 0.572. The van der Waals surface area contributed by atoms with Crippen LogP contribution in [0.2, 0.25) is 0 Å². The summed E-state index contributed by atoms with van der Waals surface area (Å²) < 4.78 is 0. The number of nitrogens with zero attached hydrogens (tertiary/aromatic N) is 1. The van der Waals surface area contributed by atoms with E-state index in [1.54, 1.807) is 48.5 Å². The fourth-order valence-corrected chi connectivity index (χ4v) is 1.93. The first-order chi connectivity index (χ1) is 10.1. The lowest BCUT2D eigenvalue weighted by Gasteiger charge is -2.08. The molecule has 2 rings (SSSR count). The number of hydrazone groups is 1. The van der Waals surface area contributed by atoms with Crippen molar-refractivity contribution in [3.8, 4) is 5.75 Å². The second kappa shape index (κ2) is 6.56. The number of nitrogens with two attached hydrogens (primary N) is 1. The van der Waals surface area contributed by atoms with Crippen molar-refractivity contribution < 1.29 is 9.90 Å². The number of nitrogens with one attached hydrogen (secondary N) is 1. The lowest BCUT2D eigenvalue weighted by molar-refractivity contribution is 0.0955. The summed E-state index contributed by atoms with van der Waals surface area (Å²) in [6, 6.07) is 13.6. The third-order valence-corrected chi connectivity index (χ3v) is 3.05. The number of nitrogen functional groups attached to an aromatic ring is 1. The second-order valence-corrected chi connectivity index (χ2v) is 4.46. The van der Waals surface area contributed by atoms with Crippen LogP contribution in [0.1, 0.15) is 29.3 Å². The Bertz CT molecular complexity index is 681. The maximum Gasteiger partial charge on any atom is 0.273 e. The average molecular weight is 283 g/mol. The zero-order valence-electron chi connectivity index (χ0n) is 11.7. The van der Waals surface area contributed by atoms with Gasteiger partial charge in [0, 0.05) is 11.3 Å². The van der Waals surface area contributed by atoms with Gasteiger partial charge in [-0.05, 0) is 30.7 Å². The van der Waals surface area contributed by atoms with Crippen molar-refractivity contribution in [3.05, 3.63) is 59.7 Å². The number of anilines is 1. The lowest BCUT2D eigenvalue weighted by Crippen LogP contribution is -2.21. The first-order valence-electron chi connectivity index (χ1n) is 6.63. The van der Waals surface area contributed by atoms with Crippen LogP contribution in [0.5, 0.6) is 5.75 Å². The Hall–Kier alpha value is -2.82. The van der Waals surface area contributed by atoms with Crippen molar-refractivity contribution in [3.63, 3.8) is 0 Å². The van der Waals surface area contributed by atoms with Crippen molar-refractivity contribution in [2.24, 2.45) is 5.10 Å². The summed E-state index contributed by atoms with van der Waals surface area (Å²) in [6.45, 7) is 1.90. The van der Waals surface area contributed by atoms with Gasteiger partial charge in [0.05, 0.1) is 11.3 Å². The predicted octanol–water partition coefficient (Wildman–Crippen LogP) is 2.52.